The maximum Gasteiger partial charge on any atom is 0.195 e. The Labute approximate surface area is 95.3 Å². The summed E-state index contributed by atoms with van der Waals surface area (Å²) in [5.41, 5.74) is 0. The van der Waals surface area contributed by atoms with Gasteiger partial charge < -0.3 is 9.47 Å². The van der Waals surface area contributed by atoms with Crippen molar-refractivity contribution in [3.05, 3.63) is 11.1 Å². The van der Waals surface area contributed by atoms with Gasteiger partial charge in [-0.15, -0.1) is 0 Å². The monoisotopic (exact) mass is 226 g/mol. The minimum Gasteiger partial charge on any atom is -0.303 e. The van der Waals surface area contributed by atoms with Gasteiger partial charge in [0.15, 0.2) is 4.77 Å². The quantitative estimate of drug-likeness (QED) is 0.801. The molecule has 1 saturated heterocycles. The van der Waals surface area contributed by atoms with Gasteiger partial charge in [-0.25, -0.2) is 0 Å². The molecule has 15 heavy (non-hydrogen) atoms. The molecule has 0 radical (unpaired) electrons. The van der Waals surface area contributed by atoms with Gasteiger partial charge >= 0.3 is 0 Å². The second kappa shape index (κ2) is 4.90. The highest BCUT2D eigenvalue weighted by molar-refractivity contribution is 7.71. The van der Waals surface area contributed by atoms with Crippen molar-refractivity contribution in [2.75, 3.05) is 19.6 Å². The van der Waals surface area contributed by atoms with E-state index in [1.54, 1.807) is 6.33 Å². The lowest BCUT2D eigenvalue weighted by molar-refractivity contribution is 0.201. The number of aromatic nitrogens is 3. The van der Waals surface area contributed by atoms with Crippen LogP contribution in [0.2, 0.25) is 0 Å². The molecule has 0 aromatic carbocycles. The molecular weight excluding hydrogens is 208 g/mol. The molecule has 1 aliphatic rings. The van der Waals surface area contributed by atoms with E-state index in [0.717, 1.165) is 11.3 Å². The lowest BCUT2D eigenvalue weighted by atomic mass is 10.1. The first-order chi connectivity index (χ1) is 7.27. The molecule has 1 N–H and O–H groups in total. The smallest absolute Gasteiger partial charge is 0.195 e. The fraction of sp³-hybridized carbons (Fsp3) is 0.800. The Balaban J connectivity index is 1.94. The summed E-state index contributed by atoms with van der Waals surface area (Å²) in [6.45, 7) is 5.73. The molecule has 2 rings (SSSR count). The maximum atomic E-state index is 5.16. The molecule has 1 aromatic rings. The topological polar surface area (TPSA) is 36.9 Å². The van der Waals surface area contributed by atoms with Gasteiger partial charge in [0, 0.05) is 12.6 Å². The number of hydrogen-bond donors (Lipinski definition) is 1. The summed E-state index contributed by atoms with van der Waals surface area (Å²) in [6.07, 6.45) is 5.85. The predicted octanol–water partition coefficient (Wildman–Crippen LogP) is 1.99. The molecule has 1 unspecified atom stereocenters. The van der Waals surface area contributed by atoms with Crippen molar-refractivity contribution in [1.82, 2.24) is 19.7 Å². The van der Waals surface area contributed by atoms with Crippen LogP contribution in [-0.4, -0.2) is 39.3 Å². The van der Waals surface area contributed by atoms with Crippen molar-refractivity contribution in [3.63, 3.8) is 0 Å². The highest BCUT2D eigenvalue weighted by Crippen LogP contribution is 2.13. The van der Waals surface area contributed by atoms with Gasteiger partial charge in [-0.1, -0.05) is 6.42 Å². The molecular formula is C10H18N4S. The van der Waals surface area contributed by atoms with Crippen molar-refractivity contribution in [1.29, 1.82) is 0 Å². The normalized spacial score (nSPS) is 20.3. The predicted molar refractivity (Wildman–Crippen MR) is 62.4 cm³/mol. The number of hydrogen-bond acceptors (Lipinski definition) is 3. The van der Waals surface area contributed by atoms with Crippen molar-refractivity contribution < 1.29 is 0 Å². The number of nitrogens with zero attached hydrogens (tertiary/aromatic N) is 3. The average Bonchev–Trinajstić information content (AvgIpc) is 2.66. The van der Waals surface area contributed by atoms with E-state index in [0.29, 0.717) is 6.04 Å². The molecule has 1 fully saturated rings. The van der Waals surface area contributed by atoms with Gasteiger partial charge in [-0.3, -0.25) is 5.10 Å². The first-order valence-corrected chi connectivity index (χ1v) is 6.02. The number of rotatable bonds is 3. The highest BCUT2D eigenvalue weighted by atomic mass is 32.1. The van der Waals surface area contributed by atoms with Gasteiger partial charge in [-0.05, 0) is 45.1 Å². The molecule has 1 atom stereocenters. The Bertz CT molecular complexity index is 350. The lowest BCUT2D eigenvalue weighted by Gasteiger charge is -2.29. The number of aromatic amines is 1. The number of likely N-dealkylation sites (tertiary alicyclic amines) is 1. The maximum absolute atomic E-state index is 5.16. The van der Waals surface area contributed by atoms with Crippen molar-refractivity contribution >= 4 is 12.2 Å². The van der Waals surface area contributed by atoms with Crippen LogP contribution in [0.1, 0.15) is 32.2 Å². The summed E-state index contributed by atoms with van der Waals surface area (Å²) in [4.78, 5) is 2.52. The molecule has 0 bridgehead atoms. The highest BCUT2D eigenvalue weighted by Gasteiger charge is 2.14. The Hall–Kier alpha value is -0.680. The zero-order valence-electron chi connectivity index (χ0n) is 9.15. The molecule has 0 spiro atoms. The fourth-order valence-corrected chi connectivity index (χ4v) is 2.45. The largest absolute Gasteiger partial charge is 0.303 e. The average molecular weight is 226 g/mol. The second-order valence-corrected chi connectivity index (χ2v) is 4.67. The molecule has 1 aliphatic heterocycles. The molecule has 5 heteroatoms. The van der Waals surface area contributed by atoms with Crippen LogP contribution in [-0.2, 0) is 0 Å². The number of nitrogens with one attached hydrogen (secondary N) is 1. The van der Waals surface area contributed by atoms with Gasteiger partial charge in [0.05, 0.1) is 0 Å². The van der Waals surface area contributed by atoms with E-state index in [1.807, 2.05) is 4.57 Å². The van der Waals surface area contributed by atoms with Gasteiger partial charge in [-0.2, -0.15) is 5.10 Å². The Morgan fingerprint density at radius 3 is 2.80 bits per heavy atom. The van der Waals surface area contributed by atoms with Crippen molar-refractivity contribution in [2.45, 2.75) is 32.2 Å². The Kier molecular flexibility index (Phi) is 3.53. The van der Waals surface area contributed by atoms with Crippen LogP contribution in [0.25, 0.3) is 0 Å². The number of H-pyrrole nitrogens is 1. The van der Waals surface area contributed by atoms with Gasteiger partial charge in [0.1, 0.15) is 6.33 Å². The summed E-state index contributed by atoms with van der Waals surface area (Å²) < 4.78 is 2.75. The SMILES string of the molecule is CC(CN1CCCCC1)n1cn[nH]c1=S. The molecule has 84 valence electrons. The summed E-state index contributed by atoms with van der Waals surface area (Å²) in [6, 6.07) is 0.411. The Morgan fingerprint density at radius 2 is 2.20 bits per heavy atom. The van der Waals surface area contributed by atoms with E-state index in [2.05, 4.69) is 22.0 Å². The standard InChI is InChI=1S/C10H18N4S/c1-9(14-8-11-12-10(14)15)7-13-5-3-2-4-6-13/h8-9H,2-7H2,1H3,(H,12,15). The summed E-state index contributed by atoms with van der Waals surface area (Å²) >= 11 is 5.16. The van der Waals surface area contributed by atoms with E-state index in [9.17, 15) is 0 Å². The summed E-state index contributed by atoms with van der Waals surface area (Å²) in [5.74, 6) is 0. The number of piperidine rings is 1. The Morgan fingerprint density at radius 1 is 1.47 bits per heavy atom. The molecule has 0 amide bonds. The fourth-order valence-electron chi connectivity index (χ4n) is 2.17. The molecule has 2 heterocycles. The zero-order chi connectivity index (χ0) is 10.7. The third-order valence-electron chi connectivity index (χ3n) is 3.02. The van der Waals surface area contributed by atoms with Crippen LogP contribution >= 0.6 is 12.2 Å². The van der Waals surface area contributed by atoms with E-state index in [-0.39, 0.29) is 0 Å². The molecule has 1 aromatic heterocycles. The van der Waals surface area contributed by atoms with E-state index in [4.69, 9.17) is 12.2 Å². The van der Waals surface area contributed by atoms with Crippen LogP contribution in [0.15, 0.2) is 6.33 Å². The third-order valence-corrected chi connectivity index (χ3v) is 3.32. The summed E-state index contributed by atoms with van der Waals surface area (Å²) in [7, 11) is 0. The van der Waals surface area contributed by atoms with Crippen molar-refractivity contribution in [3.8, 4) is 0 Å². The minimum absolute atomic E-state index is 0.411. The second-order valence-electron chi connectivity index (χ2n) is 4.28. The molecule has 0 aliphatic carbocycles. The van der Waals surface area contributed by atoms with E-state index in [1.165, 1.54) is 32.4 Å². The van der Waals surface area contributed by atoms with Crippen LogP contribution in [0.3, 0.4) is 0 Å². The van der Waals surface area contributed by atoms with E-state index >= 15 is 0 Å². The van der Waals surface area contributed by atoms with Crippen LogP contribution in [0.5, 0.6) is 0 Å². The van der Waals surface area contributed by atoms with Crippen molar-refractivity contribution in [2.24, 2.45) is 0 Å². The molecule has 4 nitrogen and oxygen atoms in total. The van der Waals surface area contributed by atoms with Crippen LogP contribution in [0.4, 0.5) is 0 Å². The van der Waals surface area contributed by atoms with Crippen LogP contribution < -0.4 is 0 Å². The summed E-state index contributed by atoms with van der Waals surface area (Å²) in [5, 5.41) is 6.75. The van der Waals surface area contributed by atoms with E-state index < -0.39 is 0 Å². The third kappa shape index (κ3) is 2.66. The first kappa shape index (κ1) is 10.8. The van der Waals surface area contributed by atoms with Gasteiger partial charge in [0.2, 0.25) is 0 Å². The first-order valence-electron chi connectivity index (χ1n) is 5.61. The molecule has 0 saturated carbocycles. The zero-order valence-corrected chi connectivity index (χ0v) is 9.96. The van der Waals surface area contributed by atoms with Gasteiger partial charge in [0.25, 0.3) is 0 Å². The van der Waals surface area contributed by atoms with Crippen LogP contribution in [0, 0.1) is 4.77 Å². The lowest BCUT2D eigenvalue weighted by Crippen LogP contribution is -2.34. The minimum atomic E-state index is 0.411.